The van der Waals surface area contributed by atoms with Gasteiger partial charge in [-0.25, -0.2) is 4.79 Å². The number of aliphatic imine (C=N–C) groups is 1. The molecule has 1 aliphatic carbocycles. The second-order valence-electron chi connectivity index (χ2n) is 17.0. The van der Waals surface area contributed by atoms with Crippen LogP contribution in [0.4, 0.5) is 4.79 Å². The number of nitrogens with one attached hydrogen (secondary N) is 2. The maximum Gasteiger partial charge on any atom is 0.316 e. The van der Waals surface area contributed by atoms with E-state index in [1.165, 1.54) is 0 Å². The number of hydrogen-bond acceptors (Lipinski definition) is 6. The third kappa shape index (κ3) is 9.43. The molecular weight excluding hydrogens is 616 g/mol. The fraction of sp³-hybridized carbons (Fsp3) is 0.600. The molecule has 0 radical (unpaired) electrons. The smallest absolute Gasteiger partial charge is 0.316 e. The van der Waals surface area contributed by atoms with Crippen LogP contribution in [0.15, 0.2) is 41.4 Å². The molecule has 0 aromatic heterocycles. The maximum atomic E-state index is 14.1. The summed E-state index contributed by atoms with van der Waals surface area (Å²) < 4.78 is 5.73. The van der Waals surface area contributed by atoms with E-state index < -0.39 is 22.3 Å². The van der Waals surface area contributed by atoms with Crippen molar-refractivity contribution in [2.24, 2.45) is 15.8 Å². The SMILES string of the molecule is Cc1ccccc1[C@H]1CCCN1C(=O)[C@@H](NC(=O)NC1CCCC[C@H]1N=Cc1cc(OC(=O)C(C)(C)C)cc(C(C)(C)C)c1O)C(C)(C)C. The molecule has 1 aliphatic heterocycles. The number of aromatic hydroxyl groups is 1. The lowest BCUT2D eigenvalue weighted by atomic mass is 9.85. The molecule has 268 valence electrons. The maximum absolute atomic E-state index is 14.1. The standard InChI is InChI=1S/C40H58N4O5/c1-25-16-11-12-17-28(25)32-20-15-21-44(32)35(46)34(39(5,6)7)43-37(48)42-31-19-14-13-18-30(31)41-24-26-22-27(49-36(47)40(8,9)10)23-29(33(26)45)38(2,3)4/h11-12,16-17,22-24,30-32,34,45H,13-15,18-21H2,1-10H3,(H2,42,43,48)/t30-,31?,32-,34-/m1/s1. The van der Waals surface area contributed by atoms with E-state index in [0.29, 0.717) is 23.4 Å². The molecule has 3 amide bonds. The number of likely N-dealkylation sites (tertiary alicyclic amines) is 1. The van der Waals surface area contributed by atoms with Crippen molar-refractivity contribution < 1.29 is 24.2 Å². The molecule has 0 spiro atoms. The Balaban J connectivity index is 1.52. The molecule has 0 bridgehead atoms. The van der Waals surface area contributed by atoms with Gasteiger partial charge < -0.3 is 25.4 Å². The summed E-state index contributed by atoms with van der Waals surface area (Å²) >= 11 is 0. The highest BCUT2D eigenvalue weighted by Gasteiger charge is 2.41. The Morgan fingerprint density at radius 3 is 2.27 bits per heavy atom. The Morgan fingerprint density at radius 1 is 0.959 bits per heavy atom. The zero-order valence-corrected chi connectivity index (χ0v) is 31.3. The van der Waals surface area contributed by atoms with Crippen molar-refractivity contribution in [1.82, 2.24) is 15.5 Å². The molecule has 1 saturated heterocycles. The van der Waals surface area contributed by atoms with Gasteiger partial charge in [-0.1, -0.05) is 78.6 Å². The van der Waals surface area contributed by atoms with Gasteiger partial charge in [0, 0.05) is 23.9 Å². The lowest BCUT2D eigenvalue weighted by Gasteiger charge is -2.37. The molecule has 1 unspecified atom stereocenters. The van der Waals surface area contributed by atoms with Crippen molar-refractivity contribution in [3.63, 3.8) is 0 Å². The van der Waals surface area contributed by atoms with Crippen LogP contribution in [0, 0.1) is 17.8 Å². The van der Waals surface area contributed by atoms with E-state index in [1.54, 1.807) is 39.1 Å². The molecule has 3 N–H and O–H groups in total. The van der Waals surface area contributed by atoms with E-state index in [2.05, 4.69) is 29.7 Å². The monoisotopic (exact) mass is 674 g/mol. The first-order valence-electron chi connectivity index (χ1n) is 17.8. The number of aryl methyl sites for hydroxylation is 1. The van der Waals surface area contributed by atoms with Crippen molar-refractivity contribution in [3.05, 3.63) is 58.7 Å². The second-order valence-corrected chi connectivity index (χ2v) is 17.0. The van der Waals surface area contributed by atoms with Gasteiger partial charge in [-0.3, -0.25) is 14.6 Å². The van der Waals surface area contributed by atoms with Crippen LogP contribution in [0.25, 0.3) is 0 Å². The molecule has 4 atom stereocenters. The number of phenolic OH excluding ortho intramolecular Hbond substituents is 1. The number of esters is 1. The summed E-state index contributed by atoms with van der Waals surface area (Å²) in [6.07, 6.45) is 6.86. The van der Waals surface area contributed by atoms with Crippen LogP contribution in [0.2, 0.25) is 0 Å². The molecule has 1 heterocycles. The number of rotatable bonds is 7. The number of amides is 3. The average Bonchev–Trinajstić information content (AvgIpc) is 3.49. The topological polar surface area (TPSA) is 120 Å². The molecule has 9 nitrogen and oxygen atoms in total. The van der Waals surface area contributed by atoms with Crippen LogP contribution in [-0.2, 0) is 15.0 Å². The van der Waals surface area contributed by atoms with E-state index in [4.69, 9.17) is 9.73 Å². The van der Waals surface area contributed by atoms with Gasteiger partial charge in [0.25, 0.3) is 0 Å². The summed E-state index contributed by atoms with van der Waals surface area (Å²) in [7, 11) is 0. The molecule has 2 aromatic rings. The number of hydrogen-bond donors (Lipinski definition) is 3. The Kier molecular flexibility index (Phi) is 11.6. The third-order valence-corrected chi connectivity index (χ3v) is 9.67. The summed E-state index contributed by atoms with van der Waals surface area (Å²) in [4.78, 5) is 47.3. The Labute approximate surface area is 293 Å². The molecule has 2 aromatic carbocycles. The Bertz CT molecular complexity index is 1550. The molecular formula is C40H58N4O5. The summed E-state index contributed by atoms with van der Waals surface area (Å²) in [5.74, 6) is -0.000533. The van der Waals surface area contributed by atoms with E-state index in [0.717, 1.165) is 49.7 Å². The normalized spacial score (nSPS) is 21.0. The van der Waals surface area contributed by atoms with Gasteiger partial charge in [-0.2, -0.15) is 0 Å². The van der Waals surface area contributed by atoms with Crippen LogP contribution in [0.3, 0.4) is 0 Å². The number of ether oxygens (including phenoxy) is 1. The van der Waals surface area contributed by atoms with E-state index in [9.17, 15) is 19.5 Å². The lowest BCUT2D eigenvalue weighted by Crippen LogP contribution is -2.58. The molecule has 2 aliphatic rings. The third-order valence-electron chi connectivity index (χ3n) is 9.67. The van der Waals surface area contributed by atoms with Crippen LogP contribution >= 0.6 is 0 Å². The largest absolute Gasteiger partial charge is 0.507 e. The summed E-state index contributed by atoms with van der Waals surface area (Å²) in [5, 5.41) is 17.5. The van der Waals surface area contributed by atoms with Gasteiger partial charge in [-0.05, 0) is 87.5 Å². The summed E-state index contributed by atoms with van der Waals surface area (Å²) in [6, 6.07) is 9.96. The zero-order valence-electron chi connectivity index (χ0n) is 31.3. The zero-order chi connectivity index (χ0) is 36.3. The fourth-order valence-corrected chi connectivity index (χ4v) is 6.72. The van der Waals surface area contributed by atoms with Gasteiger partial charge >= 0.3 is 12.0 Å². The Morgan fingerprint density at radius 2 is 1.63 bits per heavy atom. The first kappa shape index (κ1) is 37.9. The quantitative estimate of drug-likeness (QED) is 0.158. The number of benzene rings is 2. The van der Waals surface area contributed by atoms with Gasteiger partial charge in [0.2, 0.25) is 5.91 Å². The van der Waals surface area contributed by atoms with Crippen molar-refractivity contribution in [2.45, 2.75) is 137 Å². The van der Waals surface area contributed by atoms with Crippen LogP contribution in [0.5, 0.6) is 11.5 Å². The highest BCUT2D eigenvalue weighted by molar-refractivity contribution is 5.89. The number of urea groups is 1. The van der Waals surface area contributed by atoms with Gasteiger partial charge in [0.05, 0.1) is 23.5 Å². The van der Waals surface area contributed by atoms with Crippen molar-refractivity contribution >= 4 is 24.1 Å². The number of phenols is 1. The van der Waals surface area contributed by atoms with Gasteiger partial charge in [0.1, 0.15) is 17.5 Å². The predicted molar refractivity (Wildman–Crippen MR) is 195 cm³/mol. The number of nitrogens with zero attached hydrogens (tertiary/aromatic N) is 2. The van der Waals surface area contributed by atoms with Crippen LogP contribution < -0.4 is 15.4 Å². The molecule has 2 fully saturated rings. The van der Waals surface area contributed by atoms with Crippen molar-refractivity contribution in [2.75, 3.05) is 6.54 Å². The molecule has 9 heteroatoms. The van der Waals surface area contributed by atoms with E-state index in [1.807, 2.05) is 58.6 Å². The molecule has 1 saturated carbocycles. The van der Waals surface area contributed by atoms with Gasteiger partial charge in [0.15, 0.2) is 0 Å². The minimum Gasteiger partial charge on any atom is -0.507 e. The number of carbonyl (C=O) groups excluding carboxylic acids is 3. The van der Waals surface area contributed by atoms with Crippen molar-refractivity contribution in [3.8, 4) is 11.5 Å². The number of carbonyl (C=O) groups is 3. The minimum absolute atomic E-state index is 0.00817. The van der Waals surface area contributed by atoms with Crippen LogP contribution in [0.1, 0.15) is 129 Å². The Hall–Kier alpha value is -3.88. The van der Waals surface area contributed by atoms with Gasteiger partial charge in [-0.15, -0.1) is 0 Å². The minimum atomic E-state index is -0.714. The second kappa shape index (κ2) is 14.9. The predicted octanol–water partition coefficient (Wildman–Crippen LogP) is 7.76. The molecule has 4 rings (SSSR count). The highest BCUT2D eigenvalue weighted by atomic mass is 16.5. The summed E-state index contributed by atoms with van der Waals surface area (Å²) in [5.41, 5.74) is 1.79. The van der Waals surface area contributed by atoms with E-state index >= 15 is 0 Å². The van der Waals surface area contributed by atoms with E-state index in [-0.39, 0.29) is 41.8 Å². The van der Waals surface area contributed by atoms with Crippen molar-refractivity contribution in [1.29, 1.82) is 0 Å². The highest BCUT2D eigenvalue weighted by Crippen LogP contribution is 2.38. The first-order valence-corrected chi connectivity index (χ1v) is 17.8. The summed E-state index contributed by atoms with van der Waals surface area (Å²) in [6.45, 7) is 20.0. The lowest BCUT2D eigenvalue weighted by molar-refractivity contribution is -0.143. The first-order chi connectivity index (χ1) is 22.8. The fourth-order valence-electron chi connectivity index (χ4n) is 6.72. The van der Waals surface area contributed by atoms with Crippen LogP contribution in [-0.4, -0.2) is 58.8 Å². The average molecular weight is 675 g/mol. The molecule has 49 heavy (non-hydrogen) atoms.